The van der Waals surface area contributed by atoms with Gasteiger partial charge >= 0.3 is 0 Å². The minimum atomic E-state index is -0.319. The van der Waals surface area contributed by atoms with Gasteiger partial charge in [-0.05, 0) is 6.92 Å². The van der Waals surface area contributed by atoms with Gasteiger partial charge in [0.2, 0.25) is 0 Å². The molecule has 3 nitrogen and oxygen atoms in total. The second-order valence-corrected chi connectivity index (χ2v) is 2.31. The van der Waals surface area contributed by atoms with Crippen molar-refractivity contribution in [3.05, 3.63) is 12.2 Å². The highest BCUT2D eigenvalue weighted by Crippen LogP contribution is 2.14. The first kappa shape index (κ1) is 9.17. The van der Waals surface area contributed by atoms with Gasteiger partial charge in [-0.25, -0.2) is 5.84 Å². The van der Waals surface area contributed by atoms with Gasteiger partial charge in [-0.1, -0.05) is 25.8 Å². The molecule has 0 heterocycles. The predicted molar refractivity (Wildman–Crippen MR) is 41.0 cm³/mol. The second kappa shape index (κ2) is 4.99. The fraction of sp³-hybridized carbons (Fsp3) is 0.571. The smallest absolute Gasteiger partial charge is 0.260 e. The Kier molecular flexibility index (Phi) is 4.58. The van der Waals surface area contributed by atoms with Crippen molar-refractivity contribution in [2.24, 2.45) is 5.84 Å². The largest absolute Gasteiger partial charge is 0.290 e. The molecule has 3 heteroatoms. The molecule has 1 aliphatic rings. The van der Waals surface area contributed by atoms with Crippen LogP contribution in [0.25, 0.3) is 0 Å². The first-order valence-electron chi connectivity index (χ1n) is 3.35. The summed E-state index contributed by atoms with van der Waals surface area (Å²) in [5.41, 5.74) is 2.34. The zero-order valence-electron chi connectivity index (χ0n) is 6.31. The highest BCUT2D eigenvalue weighted by molar-refractivity contribution is 5.91. The quantitative estimate of drug-likeness (QED) is 0.245. The fourth-order valence-electron chi connectivity index (χ4n) is 0.123. The third-order valence-corrected chi connectivity index (χ3v) is 0.872. The SMILES string of the molecule is C1CC1.C=C(C)C(=O)NN. The van der Waals surface area contributed by atoms with Crippen molar-refractivity contribution in [2.45, 2.75) is 26.2 Å². The molecular weight excluding hydrogens is 128 g/mol. The summed E-state index contributed by atoms with van der Waals surface area (Å²) in [4.78, 5) is 10.2. The molecule has 0 unspecified atom stereocenters. The van der Waals surface area contributed by atoms with Crippen LogP contribution >= 0.6 is 0 Å². The maximum atomic E-state index is 10.2. The van der Waals surface area contributed by atoms with Crippen LogP contribution in [-0.2, 0) is 4.79 Å². The van der Waals surface area contributed by atoms with Crippen molar-refractivity contribution in [3.8, 4) is 0 Å². The number of amides is 1. The maximum absolute atomic E-state index is 10.2. The summed E-state index contributed by atoms with van der Waals surface area (Å²) < 4.78 is 0. The number of nitrogens with one attached hydrogen (secondary N) is 1. The summed E-state index contributed by atoms with van der Waals surface area (Å²) in [6.07, 6.45) is 4.50. The van der Waals surface area contributed by atoms with Crippen molar-refractivity contribution in [1.29, 1.82) is 0 Å². The molecule has 1 amide bonds. The zero-order chi connectivity index (χ0) is 7.98. The first-order valence-corrected chi connectivity index (χ1v) is 3.35. The minimum absolute atomic E-state index is 0.319. The van der Waals surface area contributed by atoms with Crippen LogP contribution in [0.2, 0.25) is 0 Å². The van der Waals surface area contributed by atoms with E-state index < -0.39 is 0 Å². The molecule has 1 saturated carbocycles. The topological polar surface area (TPSA) is 55.1 Å². The Morgan fingerprint density at radius 1 is 1.50 bits per heavy atom. The van der Waals surface area contributed by atoms with E-state index in [4.69, 9.17) is 5.84 Å². The summed E-state index contributed by atoms with van der Waals surface area (Å²) in [6.45, 7) is 4.92. The van der Waals surface area contributed by atoms with E-state index in [9.17, 15) is 4.79 Å². The molecule has 1 rings (SSSR count). The Balaban J connectivity index is 0.000000219. The summed E-state index contributed by atoms with van der Waals surface area (Å²) in [5.74, 6) is 4.39. The van der Waals surface area contributed by atoms with E-state index in [1.807, 2.05) is 5.43 Å². The van der Waals surface area contributed by atoms with Crippen LogP contribution in [0.1, 0.15) is 26.2 Å². The molecule has 0 radical (unpaired) electrons. The van der Waals surface area contributed by atoms with E-state index >= 15 is 0 Å². The Morgan fingerprint density at radius 3 is 1.90 bits per heavy atom. The van der Waals surface area contributed by atoms with Gasteiger partial charge in [0, 0.05) is 5.57 Å². The lowest BCUT2D eigenvalue weighted by molar-refractivity contribution is -0.117. The Labute approximate surface area is 61.3 Å². The molecule has 0 atom stereocenters. The van der Waals surface area contributed by atoms with Gasteiger partial charge < -0.3 is 0 Å². The van der Waals surface area contributed by atoms with Gasteiger partial charge in [-0.2, -0.15) is 0 Å². The van der Waals surface area contributed by atoms with Gasteiger partial charge in [-0.3, -0.25) is 10.2 Å². The molecular formula is C7H14N2O. The van der Waals surface area contributed by atoms with E-state index in [1.165, 1.54) is 19.3 Å². The summed E-state index contributed by atoms with van der Waals surface area (Å²) in [6, 6.07) is 0. The third-order valence-electron chi connectivity index (χ3n) is 0.872. The molecule has 0 aromatic heterocycles. The summed E-state index contributed by atoms with van der Waals surface area (Å²) >= 11 is 0. The Morgan fingerprint density at radius 2 is 1.90 bits per heavy atom. The van der Waals surface area contributed by atoms with E-state index in [1.54, 1.807) is 6.92 Å². The minimum Gasteiger partial charge on any atom is -0.290 e. The number of carbonyl (C=O) groups is 1. The van der Waals surface area contributed by atoms with Crippen LogP contribution in [0.3, 0.4) is 0 Å². The second-order valence-electron chi connectivity index (χ2n) is 2.31. The average molecular weight is 142 g/mol. The van der Waals surface area contributed by atoms with Crippen molar-refractivity contribution < 1.29 is 4.79 Å². The van der Waals surface area contributed by atoms with Crippen LogP contribution in [-0.4, -0.2) is 5.91 Å². The van der Waals surface area contributed by atoms with Gasteiger partial charge in [0.05, 0.1) is 0 Å². The lowest BCUT2D eigenvalue weighted by Gasteiger charge is -1.91. The molecule has 10 heavy (non-hydrogen) atoms. The zero-order valence-corrected chi connectivity index (χ0v) is 6.31. The maximum Gasteiger partial charge on any atom is 0.260 e. The van der Waals surface area contributed by atoms with E-state index in [2.05, 4.69) is 6.58 Å². The number of hydrogen-bond acceptors (Lipinski definition) is 2. The van der Waals surface area contributed by atoms with Crippen molar-refractivity contribution in [1.82, 2.24) is 5.43 Å². The van der Waals surface area contributed by atoms with Gasteiger partial charge in [0.25, 0.3) is 5.91 Å². The van der Waals surface area contributed by atoms with Crippen LogP contribution < -0.4 is 11.3 Å². The third kappa shape index (κ3) is 7.17. The Bertz CT molecular complexity index is 127. The van der Waals surface area contributed by atoms with Crippen LogP contribution in [0.15, 0.2) is 12.2 Å². The van der Waals surface area contributed by atoms with Crippen LogP contribution in [0.4, 0.5) is 0 Å². The number of nitrogens with two attached hydrogens (primary N) is 1. The lowest BCUT2D eigenvalue weighted by atomic mass is 10.3. The van der Waals surface area contributed by atoms with Crippen molar-refractivity contribution in [2.75, 3.05) is 0 Å². The number of rotatable bonds is 1. The van der Waals surface area contributed by atoms with Gasteiger partial charge in [0.1, 0.15) is 0 Å². The molecule has 0 bridgehead atoms. The standard InChI is InChI=1S/C4H8N2O.C3H6/c1-3(2)4(7)6-5;1-2-3-1/h1,5H2,2H3,(H,6,7);1-3H2. The average Bonchev–Trinajstić information content (AvgIpc) is 2.70. The van der Waals surface area contributed by atoms with Crippen LogP contribution in [0.5, 0.6) is 0 Å². The highest BCUT2D eigenvalue weighted by atomic mass is 16.2. The molecule has 0 aromatic carbocycles. The Hall–Kier alpha value is -0.830. The number of hydrogen-bond donors (Lipinski definition) is 2. The molecule has 58 valence electrons. The predicted octanol–water partition coefficient (Wildman–Crippen LogP) is 0.723. The fourth-order valence-corrected chi connectivity index (χ4v) is 0.123. The first-order chi connectivity index (χ1) is 4.68. The lowest BCUT2D eigenvalue weighted by Crippen LogP contribution is -2.30. The normalized spacial score (nSPS) is 12.6. The van der Waals surface area contributed by atoms with Gasteiger partial charge in [-0.15, -0.1) is 0 Å². The van der Waals surface area contributed by atoms with Crippen molar-refractivity contribution >= 4 is 5.91 Å². The number of carbonyl (C=O) groups excluding carboxylic acids is 1. The highest BCUT2D eigenvalue weighted by Gasteiger charge is 1.95. The van der Waals surface area contributed by atoms with E-state index in [-0.39, 0.29) is 5.91 Å². The summed E-state index contributed by atoms with van der Waals surface area (Å²) in [5, 5.41) is 0. The molecule has 0 aliphatic heterocycles. The monoisotopic (exact) mass is 142 g/mol. The molecule has 1 aliphatic carbocycles. The molecule has 1 fully saturated rings. The van der Waals surface area contributed by atoms with E-state index in [0.29, 0.717) is 5.57 Å². The van der Waals surface area contributed by atoms with Crippen molar-refractivity contribution in [3.63, 3.8) is 0 Å². The van der Waals surface area contributed by atoms with E-state index in [0.717, 1.165) is 0 Å². The van der Waals surface area contributed by atoms with Gasteiger partial charge in [0.15, 0.2) is 0 Å². The summed E-state index contributed by atoms with van der Waals surface area (Å²) in [7, 11) is 0. The molecule has 0 spiro atoms. The molecule has 0 aromatic rings. The van der Waals surface area contributed by atoms with Crippen LogP contribution in [0, 0.1) is 0 Å². The molecule has 0 saturated heterocycles. The molecule has 3 N–H and O–H groups in total. The number of hydrazine groups is 1.